The minimum absolute atomic E-state index is 0.173. The van der Waals surface area contributed by atoms with Gasteiger partial charge in [0, 0.05) is 54.7 Å². The number of nitrogens with zero attached hydrogens (tertiary/aromatic N) is 3. The van der Waals surface area contributed by atoms with Crippen LogP contribution < -0.4 is 15.5 Å². The van der Waals surface area contributed by atoms with Crippen LogP contribution in [0.2, 0.25) is 0 Å². The molecular weight excluding hydrogens is 390 g/mol. The Labute approximate surface area is 180 Å². The second-order valence-corrected chi connectivity index (χ2v) is 7.32. The van der Waals surface area contributed by atoms with Gasteiger partial charge in [0.05, 0.1) is 6.20 Å². The first-order chi connectivity index (χ1) is 15.0. The molecule has 0 aliphatic heterocycles. The van der Waals surface area contributed by atoms with Crippen LogP contribution in [0.3, 0.4) is 0 Å². The van der Waals surface area contributed by atoms with E-state index in [1.54, 1.807) is 24.7 Å². The van der Waals surface area contributed by atoms with Crippen LogP contribution in [0.25, 0.3) is 11.3 Å². The zero-order valence-electron chi connectivity index (χ0n) is 17.6. The van der Waals surface area contributed by atoms with Gasteiger partial charge in [0.2, 0.25) is 0 Å². The summed E-state index contributed by atoms with van der Waals surface area (Å²) in [6, 6.07) is 17.2. The number of amides is 1. The van der Waals surface area contributed by atoms with E-state index in [9.17, 15) is 4.79 Å². The highest BCUT2D eigenvalue weighted by Crippen LogP contribution is 2.27. The van der Waals surface area contributed by atoms with Crippen LogP contribution in [0.4, 0.5) is 23.1 Å². The van der Waals surface area contributed by atoms with Gasteiger partial charge in [0.1, 0.15) is 0 Å². The van der Waals surface area contributed by atoms with Crippen molar-refractivity contribution < 1.29 is 9.21 Å². The molecule has 0 radical (unpaired) electrons. The van der Waals surface area contributed by atoms with Crippen molar-refractivity contribution in [3.05, 3.63) is 84.3 Å². The highest BCUT2D eigenvalue weighted by Gasteiger charge is 2.11. The van der Waals surface area contributed by atoms with Crippen molar-refractivity contribution in [1.82, 2.24) is 9.97 Å². The van der Waals surface area contributed by atoms with Crippen molar-refractivity contribution in [3.63, 3.8) is 0 Å². The van der Waals surface area contributed by atoms with Gasteiger partial charge in [-0.2, -0.15) is 0 Å². The summed E-state index contributed by atoms with van der Waals surface area (Å²) in [5, 5.41) is 6.14. The Balaban J connectivity index is 1.51. The zero-order valence-corrected chi connectivity index (χ0v) is 17.6. The number of oxazole rings is 1. The molecule has 31 heavy (non-hydrogen) atoms. The quantitative estimate of drug-likeness (QED) is 0.457. The Kier molecular flexibility index (Phi) is 5.66. The second kappa shape index (κ2) is 8.71. The molecule has 0 aliphatic rings. The summed E-state index contributed by atoms with van der Waals surface area (Å²) in [5.74, 6) is 0.451. The van der Waals surface area contributed by atoms with E-state index in [2.05, 4.69) is 20.6 Å². The molecule has 0 saturated carbocycles. The van der Waals surface area contributed by atoms with Gasteiger partial charge in [0.25, 0.3) is 11.9 Å². The normalized spacial score (nSPS) is 10.5. The Morgan fingerprint density at radius 3 is 2.68 bits per heavy atom. The van der Waals surface area contributed by atoms with Crippen LogP contribution in [-0.4, -0.2) is 30.0 Å². The minimum atomic E-state index is -0.173. The van der Waals surface area contributed by atoms with Crippen molar-refractivity contribution in [1.29, 1.82) is 0 Å². The summed E-state index contributed by atoms with van der Waals surface area (Å²) >= 11 is 0. The number of aromatic nitrogens is 2. The molecule has 0 fully saturated rings. The Bertz CT molecular complexity index is 1200. The lowest BCUT2D eigenvalue weighted by atomic mass is 10.1. The number of hydrogen-bond acceptors (Lipinski definition) is 6. The smallest absolute Gasteiger partial charge is 0.299 e. The standard InChI is InChI=1S/C24H23N5O2/c1-16-9-10-19(27-23(30)17-6-4-8-20(12-17)29(2)3)13-21(16)28-24-26-15-22(31-24)18-7-5-11-25-14-18/h4-15H,1-3H3,(H,26,28)(H,27,30). The Morgan fingerprint density at radius 2 is 1.90 bits per heavy atom. The number of hydrogen-bond donors (Lipinski definition) is 2. The molecule has 4 rings (SSSR count). The van der Waals surface area contributed by atoms with Crippen molar-refractivity contribution >= 4 is 29.0 Å². The first-order valence-electron chi connectivity index (χ1n) is 9.82. The van der Waals surface area contributed by atoms with Crippen LogP contribution in [0, 0.1) is 6.92 Å². The molecule has 0 aliphatic carbocycles. The molecule has 1 amide bonds. The van der Waals surface area contributed by atoms with Crippen LogP contribution in [0.5, 0.6) is 0 Å². The monoisotopic (exact) mass is 413 g/mol. The van der Waals surface area contributed by atoms with E-state index < -0.39 is 0 Å². The van der Waals surface area contributed by atoms with E-state index in [1.165, 1.54) is 0 Å². The van der Waals surface area contributed by atoms with Gasteiger partial charge in [-0.1, -0.05) is 12.1 Å². The van der Waals surface area contributed by atoms with Crippen molar-refractivity contribution in [2.24, 2.45) is 0 Å². The third kappa shape index (κ3) is 4.72. The Hall–Kier alpha value is -4.13. The predicted molar refractivity (Wildman–Crippen MR) is 123 cm³/mol. The fraction of sp³-hybridized carbons (Fsp3) is 0.125. The fourth-order valence-corrected chi connectivity index (χ4v) is 3.05. The van der Waals surface area contributed by atoms with E-state index >= 15 is 0 Å². The molecule has 7 nitrogen and oxygen atoms in total. The average Bonchev–Trinajstić information content (AvgIpc) is 3.25. The molecule has 7 heteroatoms. The highest BCUT2D eigenvalue weighted by atomic mass is 16.4. The topological polar surface area (TPSA) is 83.3 Å². The van der Waals surface area contributed by atoms with Gasteiger partial charge in [-0.15, -0.1) is 0 Å². The minimum Gasteiger partial charge on any atom is -0.423 e. The predicted octanol–water partition coefficient (Wildman–Crippen LogP) is 5.11. The van der Waals surface area contributed by atoms with Crippen LogP contribution in [0.15, 0.2) is 77.6 Å². The van der Waals surface area contributed by atoms with Gasteiger partial charge in [0.15, 0.2) is 5.76 Å². The molecule has 2 heterocycles. The molecule has 2 aromatic carbocycles. The first-order valence-corrected chi connectivity index (χ1v) is 9.82. The highest BCUT2D eigenvalue weighted by molar-refractivity contribution is 6.05. The third-order valence-electron chi connectivity index (χ3n) is 4.81. The zero-order chi connectivity index (χ0) is 21.8. The summed E-state index contributed by atoms with van der Waals surface area (Å²) in [7, 11) is 3.88. The largest absolute Gasteiger partial charge is 0.423 e. The maximum atomic E-state index is 12.7. The lowest BCUT2D eigenvalue weighted by molar-refractivity contribution is 0.102. The number of rotatable bonds is 6. The van der Waals surface area contributed by atoms with Crippen molar-refractivity contribution in [2.45, 2.75) is 6.92 Å². The van der Waals surface area contributed by atoms with Gasteiger partial charge in [-0.3, -0.25) is 9.78 Å². The number of carbonyl (C=O) groups is 1. The SMILES string of the molecule is Cc1ccc(NC(=O)c2cccc(N(C)C)c2)cc1Nc1ncc(-c2cccnc2)o1. The van der Waals surface area contributed by atoms with Gasteiger partial charge >= 0.3 is 0 Å². The molecule has 0 unspecified atom stereocenters. The van der Waals surface area contributed by atoms with E-state index in [0.717, 1.165) is 22.5 Å². The summed E-state index contributed by atoms with van der Waals surface area (Å²) in [4.78, 5) is 23.1. The second-order valence-electron chi connectivity index (χ2n) is 7.32. The number of carbonyl (C=O) groups excluding carboxylic acids is 1. The fourth-order valence-electron chi connectivity index (χ4n) is 3.05. The van der Waals surface area contributed by atoms with Crippen molar-refractivity contribution in [2.75, 3.05) is 29.6 Å². The average molecular weight is 413 g/mol. The van der Waals surface area contributed by atoms with E-state index in [1.807, 2.05) is 74.4 Å². The summed E-state index contributed by atoms with van der Waals surface area (Å²) in [5.41, 5.74) is 4.86. The van der Waals surface area contributed by atoms with Crippen LogP contribution in [-0.2, 0) is 0 Å². The molecule has 0 bridgehead atoms. The van der Waals surface area contributed by atoms with E-state index in [4.69, 9.17) is 4.42 Å². The maximum Gasteiger partial charge on any atom is 0.299 e. The van der Waals surface area contributed by atoms with E-state index in [0.29, 0.717) is 23.0 Å². The lowest BCUT2D eigenvalue weighted by Gasteiger charge is -2.14. The van der Waals surface area contributed by atoms with E-state index in [-0.39, 0.29) is 5.91 Å². The molecule has 2 N–H and O–H groups in total. The molecular formula is C24H23N5O2. The molecule has 0 spiro atoms. The molecule has 0 saturated heterocycles. The van der Waals surface area contributed by atoms with Crippen LogP contribution in [0.1, 0.15) is 15.9 Å². The van der Waals surface area contributed by atoms with Gasteiger partial charge in [-0.25, -0.2) is 4.98 Å². The molecule has 0 atom stereocenters. The van der Waals surface area contributed by atoms with Crippen LogP contribution >= 0.6 is 0 Å². The summed E-state index contributed by atoms with van der Waals surface area (Å²) < 4.78 is 5.80. The maximum absolute atomic E-state index is 12.7. The number of nitrogens with one attached hydrogen (secondary N) is 2. The third-order valence-corrected chi connectivity index (χ3v) is 4.81. The number of aryl methyl sites for hydroxylation is 1. The lowest BCUT2D eigenvalue weighted by Crippen LogP contribution is -2.14. The molecule has 4 aromatic rings. The summed E-state index contributed by atoms with van der Waals surface area (Å²) in [6.45, 7) is 1.97. The molecule has 2 aromatic heterocycles. The van der Waals surface area contributed by atoms with Gasteiger partial charge < -0.3 is 20.0 Å². The number of benzene rings is 2. The summed E-state index contributed by atoms with van der Waals surface area (Å²) in [6.07, 6.45) is 5.08. The number of anilines is 4. The first kappa shape index (κ1) is 20.2. The van der Waals surface area contributed by atoms with Gasteiger partial charge in [-0.05, 0) is 55.0 Å². The Morgan fingerprint density at radius 1 is 1.03 bits per heavy atom. The number of pyridine rings is 1. The van der Waals surface area contributed by atoms with Crippen molar-refractivity contribution in [3.8, 4) is 11.3 Å². The molecule has 156 valence electrons.